The van der Waals surface area contributed by atoms with E-state index in [1.165, 1.54) is 0 Å². The standard InChI is InChI=1S/C17H14ClN3O2/c1-10(17(22)23)19-16-13-4-2-3-5-14(13)20-15(21-16)11-6-8-12(18)9-7-11/h2-10H,1H3,(H,22,23)(H,19,20,21). The fourth-order valence-corrected chi connectivity index (χ4v) is 2.31. The zero-order valence-corrected chi connectivity index (χ0v) is 13.1. The Morgan fingerprint density at radius 3 is 2.52 bits per heavy atom. The van der Waals surface area contributed by atoms with Crippen LogP contribution in [-0.2, 0) is 4.79 Å². The summed E-state index contributed by atoms with van der Waals surface area (Å²) < 4.78 is 0. The van der Waals surface area contributed by atoms with Crippen molar-refractivity contribution in [3.8, 4) is 11.4 Å². The lowest BCUT2D eigenvalue weighted by molar-refractivity contribution is -0.137. The summed E-state index contributed by atoms with van der Waals surface area (Å²) in [5.41, 5.74) is 1.55. The summed E-state index contributed by atoms with van der Waals surface area (Å²) in [6.07, 6.45) is 0. The van der Waals surface area contributed by atoms with Crippen molar-refractivity contribution in [2.45, 2.75) is 13.0 Å². The molecule has 1 heterocycles. The van der Waals surface area contributed by atoms with E-state index in [1.54, 1.807) is 19.1 Å². The predicted octanol–water partition coefficient (Wildman–Crippen LogP) is 3.84. The van der Waals surface area contributed by atoms with Crippen molar-refractivity contribution in [2.24, 2.45) is 0 Å². The van der Waals surface area contributed by atoms with Gasteiger partial charge in [-0.3, -0.25) is 4.79 Å². The second-order valence-corrected chi connectivity index (χ2v) is 5.56. The van der Waals surface area contributed by atoms with Crippen molar-refractivity contribution in [3.05, 3.63) is 53.6 Å². The van der Waals surface area contributed by atoms with Crippen LogP contribution in [0.1, 0.15) is 6.92 Å². The van der Waals surface area contributed by atoms with Gasteiger partial charge in [0.25, 0.3) is 0 Å². The second-order valence-electron chi connectivity index (χ2n) is 5.12. The molecule has 1 unspecified atom stereocenters. The lowest BCUT2D eigenvalue weighted by Gasteiger charge is -2.13. The van der Waals surface area contributed by atoms with Crippen LogP contribution < -0.4 is 5.32 Å². The Hall–Kier alpha value is -2.66. The van der Waals surface area contributed by atoms with E-state index in [-0.39, 0.29) is 0 Å². The minimum atomic E-state index is -0.944. The number of hydrogen-bond acceptors (Lipinski definition) is 4. The molecule has 3 aromatic rings. The molecule has 1 atom stereocenters. The van der Waals surface area contributed by atoms with Crippen molar-refractivity contribution >= 4 is 34.3 Å². The van der Waals surface area contributed by atoms with Crippen molar-refractivity contribution in [1.82, 2.24) is 9.97 Å². The van der Waals surface area contributed by atoms with Gasteiger partial charge in [0.1, 0.15) is 11.9 Å². The number of rotatable bonds is 4. The van der Waals surface area contributed by atoms with Crippen molar-refractivity contribution in [3.63, 3.8) is 0 Å². The van der Waals surface area contributed by atoms with E-state index in [1.807, 2.05) is 36.4 Å². The summed E-state index contributed by atoms with van der Waals surface area (Å²) in [6.45, 7) is 1.57. The third-order valence-corrected chi connectivity index (χ3v) is 3.68. The normalized spacial score (nSPS) is 12.1. The number of benzene rings is 2. The van der Waals surface area contributed by atoms with Crippen molar-refractivity contribution in [1.29, 1.82) is 0 Å². The first-order chi connectivity index (χ1) is 11.0. The van der Waals surface area contributed by atoms with Gasteiger partial charge in [-0.2, -0.15) is 0 Å². The maximum atomic E-state index is 11.1. The Morgan fingerprint density at radius 2 is 1.83 bits per heavy atom. The Kier molecular flexibility index (Phi) is 4.12. The van der Waals surface area contributed by atoms with Gasteiger partial charge in [0.2, 0.25) is 0 Å². The van der Waals surface area contributed by atoms with E-state index in [4.69, 9.17) is 16.7 Å². The number of carbonyl (C=O) groups is 1. The number of para-hydroxylation sites is 1. The fourth-order valence-electron chi connectivity index (χ4n) is 2.18. The molecule has 0 bridgehead atoms. The molecule has 2 N–H and O–H groups in total. The molecule has 0 spiro atoms. The highest BCUT2D eigenvalue weighted by Crippen LogP contribution is 2.26. The first kappa shape index (κ1) is 15.2. The Bertz CT molecular complexity index is 865. The van der Waals surface area contributed by atoms with E-state index < -0.39 is 12.0 Å². The molecule has 5 nitrogen and oxygen atoms in total. The van der Waals surface area contributed by atoms with Crippen molar-refractivity contribution < 1.29 is 9.90 Å². The molecule has 0 aliphatic rings. The maximum Gasteiger partial charge on any atom is 0.325 e. The van der Waals surface area contributed by atoms with Crippen LogP contribution in [0.3, 0.4) is 0 Å². The van der Waals surface area contributed by atoms with E-state index in [0.717, 1.165) is 16.5 Å². The fraction of sp³-hybridized carbons (Fsp3) is 0.118. The van der Waals surface area contributed by atoms with Crippen LogP contribution >= 0.6 is 11.6 Å². The SMILES string of the molecule is CC(Nc1nc(-c2ccc(Cl)cc2)nc2ccccc12)C(=O)O. The molecule has 0 saturated heterocycles. The summed E-state index contributed by atoms with van der Waals surface area (Å²) in [7, 11) is 0. The van der Waals surface area contributed by atoms with Gasteiger partial charge >= 0.3 is 5.97 Å². The zero-order valence-electron chi connectivity index (χ0n) is 12.3. The summed E-state index contributed by atoms with van der Waals surface area (Å²) >= 11 is 5.91. The van der Waals surface area contributed by atoms with Gasteiger partial charge in [-0.1, -0.05) is 23.7 Å². The molecular weight excluding hydrogens is 314 g/mol. The third-order valence-electron chi connectivity index (χ3n) is 3.43. The largest absolute Gasteiger partial charge is 0.480 e. The number of fused-ring (bicyclic) bond motifs is 1. The molecule has 2 aromatic carbocycles. The van der Waals surface area contributed by atoms with Gasteiger partial charge in [-0.05, 0) is 43.3 Å². The van der Waals surface area contributed by atoms with E-state index in [0.29, 0.717) is 16.7 Å². The quantitative estimate of drug-likeness (QED) is 0.761. The number of carboxylic acids is 1. The highest BCUT2D eigenvalue weighted by molar-refractivity contribution is 6.30. The highest BCUT2D eigenvalue weighted by Gasteiger charge is 2.15. The molecule has 116 valence electrons. The molecule has 6 heteroatoms. The third kappa shape index (κ3) is 3.24. The van der Waals surface area contributed by atoms with E-state index in [9.17, 15) is 4.79 Å². The van der Waals surface area contributed by atoms with E-state index in [2.05, 4.69) is 15.3 Å². The monoisotopic (exact) mass is 327 g/mol. The molecule has 23 heavy (non-hydrogen) atoms. The summed E-state index contributed by atoms with van der Waals surface area (Å²) in [4.78, 5) is 20.2. The smallest absolute Gasteiger partial charge is 0.325 e. The maximum absolute atomic E-state index is 11.1. The van der Waals surface area contributed by atoms with Gasteiger partial charge in [0.05, 0.1) is 5.52 Å². The molecule has 0 aliphatic heterocycles. The Morgan fingerprint density at radius 1 is 1.13 bits per heavy atom. The molecule has 0 fully saturated rings. The number of hydrogen-bond donors (Lipinski definition) is 2. The van der Waals surface area contributed by atoms with Crippen LogP contribution in [0.25, 0.3) is 22.3 Å². The molecular formula is C17H14ClN3O2. The summed E-state index contributed by atoms with van der Waals surface area (Å²) in [6, 6.07) is 13.9. The number of nitrogens with one attached hydrogen (secondary N) is 1. The minimum absolute atomic E-state index is 0.496. The van der Waals surface area contributed by atoms with Crippen LogP contribution in [0, 0.1) is 0 Å². The first-order valence-corrected chi connectivity index (χ1v) is 7.44. The number of anilines is 1. The number of aliphatic carboxylic acids is 1. The number of halogens is 1. The van der Waals surface area contributed by atoms with Crippen LogP contribution in [0.2, 0.25) is 5.02 Å². The average Bonchev–Trinajstić information content (AvgIpc) is 2.55. The molecule has 1 aromatic heterocycles. The molecule has 0 aliphatic carbocycles. The summed E-state index contributed by atoms with van der Waals surface area (Å²) in [5, 5.41) is 13.4. The van der Waals surface area contributed by atoms with Gasteiger partial charge in [0.15, 0.2) is 5.82 Å². The number of nitrogens with zero attached hydrogens (tertiary/aromatic N) is 2. The van der Waals surface area contributed by atoms with Gasteiger partial charge in [0, 0.05) is 16.0 Å². The molecule has 0 radical (unpaired) electrons. The number of carboxylic acid groups (broad SMARTS) is 1. The Balaban J connectivity index is 2.13. The van der Waals surface area contributed by atoms with Crippen LogP contribution in [0.4, 0.5) is 5.82 Å². The number of aromatic nitrogens is 2. The molecule has 3 rings (SSSR count). The first-order valence-electron chi connectivity index (χ1n) is 7.06. The lowest BCUT2D eigenvalue weighted by Crippen LogP contribution is -2.26. The van der Waals surface area contributed by atoms with Crippen LogP contribution in [-0.4, -0.2) is 27.1 Å². The van der Waals surface area contributed by atoms with Gasteiger partial charge in [-0.25, -0.2) is 9.97 Å². The predicted molar refractivity (Wildman–Crippen MR) is 90.7 cm³/mol. The Labute approximate surface area is 138 Å². The zero-order chi connectivity index (χ0) is 16.4. The molecule has 0 saturated carbocycles. The van der Waals surface area contributed by atoms with Gasteiger partial charge < -0.3 is 10.4 Å². The lowest BCUT2D eigenvalue weighted by atomic mass is 10.1. The topological polar surface area (TPSA) is 75.1 Å². The average molecular weight is 328 g/mol. The second kappa shape index (κ2) is 6.22. The summed E-state index contributed by atoms with van der Waals surface area (Å²) in [5.74, 6) is 0.0663. The van der Waals surface area contributed by atoms with E-state index >= 15 is 0 Å². The van der Waals surface area contributed by atoms with Crippen LogP contribution in [0.5, 0.6) is 0 Å². The minimum Gasteiger partial charge on any atom is -0.480 e. The van der Waals surface area contributed by atoms with Gasteiger partial charge in [-0.15, -0.1) is 0 Å². The van der Waals surface area contributed by atoms with Crippen molar-refractivity contribution in [2.75, 3.05) is 5.32 Å². The molecule has 0 amide bonds. The highest BCUT2D eigenvalue weighted by atomic mass is 35.5. The van der Waals surface area contributed by atoms with Crippen LogP contribution in [0.15, 0.2) is 48.5 Å².